The Kier molecular flexibility index (Phi) is 6.80. The lowest BCUT2D eigenvalue weighted by Crippen LogP contribution is -2.76. The van der Waals surface area contributed by atoms with Crippen molar-refractivity contribution >= 4 is 11.9 Å². The summed E-state index contributed by atoms with van der Waals surface area (Å²) in [6, 6.07) is 0. The number of hydrogen-bond acceptors (Lipinski definition) is 10. The average molecular weight is 330 g/mol. The molecule has 0 aliphatic carbocycles. The normalized spacial score (nSPS) is 16.7. The van der Waals surface area contributed by atoms with Gasteiger partial charge >= 0.3 is 23.9 Å². The number of carbonyl (C=O) groups is 2. The van der Waals surface area contributed by atoms with Gasteiger partial charge in [0, 0.05) is 6.92 Å². The molecule has 0 saturated carbocycles. The molecule has 0 aliphatic heterocycles. The second-order valence-electron chi connectivity index (χ2n) is 4.63. The van der Waals surface area contributed by atoms with Gasteiger partial charge in [0.25, 0.3) is 0 Å². The topological polar surface area (TPSA) is 205 Å². The van der Waals surface area contributed by atoms with Crippen molar-refractivity contribution < 1.29 is 59.9 Å². The standard InChI is InChI=1S/C10H19NO11/c1-6(13)22-7(4-8(14)15)5-11(21,10(18,19)20)9(16,17)2-3-12/h7,12,16-21H,2-5H2,1H3/p+1. The molecule has 0 spiro atoms. The second-order valence-corrected chi connectivity index (χ2v) is 4.63. The van der Waals surface area contributed by atoms with E-state index in [1.54, 1.807) is 0 Å². The van der Waals surface area contributed by atoms with Crippen LogP contribution in [-0.2, 0) is 14.3 Å². The number of rotatable bonds is 9. The molecule has 2 unspecified atom stereocenters. The van der Waals surface area contributed by atoms with Gasteiger partial charge in [-0.2, -0.15) is 0 Å². The molecule has 2 atom stereocenters. The number of aliphatic hydroxyl groups is 6. The van der Waals surface area contributed by atoms with Gasteiger partial charge in [-0.05, 0) is 4.65 Å². The van der Waals surface area contributed by atoms with Crippen molar-refractivity contribution in [3.05, 3.63) is 0 Å². The molecule has 0 aromatic carbocycles. The third kappa shape index (κ3) is 5.11. The Labute approximate surface area is 124 Å². The van der Waals surface area contributed by atoms with E-state index in [0.717, 1.165) is 6.92 Å². The van der Waals surface area contributed by atoms with Crippen molar-refractivity contribution in [1.82, 2.24) is 0 Å². The Balaban J connectivity index is 5.59. The number of carbonyl (C=O) groups excluding carboxylic acids is 1. The maximum absolute atomic E-state index is 10.9. The van der Waals surface area contributed by atoms with Gasteiger partial charge in [-0.1, -0.05) is 0 Å². The van der Waals surface area contributed by atoms with Crippen LogP contribution in [0.3, 0.4) is 0 Å². The largest absolute Gasteiger partial charge is 0.481 e. The molecule has 0 aromatic rings. The lowest BCUT2D eigenvalue weighted by Gasteiger charge is -2.43. The van der Waals surface area contributed by atoms with Crippen molar-refractivity contribution in [2.75, 3.05) is 13.2 Å². The first-order valence-corrected chi connectivity index (χ1v) is 5.99. The van der Waals surface area contributed by atoms with E-state index in [0.29, 0.717) is 0 Å². The lowest BCUT2D eigenvalue weighted by molar-refractivity contribution is -1.25. The van der Waals surface area contributed by atoms with E-state index in [9.17, 15) is 25.0 Å². The van der Waals surface area contributed by atoms with Crippen LogP contribution in [0.1, 0.15) is 19.8 Å². The lowest BCUT2D eigenvalue weighted by atomic mass is 10.2. The molecular formula is C10H20NO11+. The quantitative estimate of drug-likeness (QED) is 0.0890. The fourth-order valence-electron chi connectivity index (χ4n) is 1.71. The van der Waals surface area contributed by atoms with Gasteiger partial charge in [-0.3, -0.25) is 24.9 Å². The zero-order valence-electron chi connectivity index (χ0n) is 11.7. The third-order valence-electron chi connectivity index (χ3n) is 2.74. The van der Waals surface area contributed by atoms with Crippen LogP contribution < -0.4 is 0 Å². The van der Waals surface area contributed by atoms with Crippen LogP contribution in [-0.4, -0.2) is 88.8 Å². The van der Waals surface area contributed by atoms with Crippen LogP contribution in [0.2, 0.25) is 0 Å². The van der Waals surface area contributed by atoms with Gasteiger partial charge in [0.2, 0.25) is 0 Å². The van der Waals surface area contributed by atoms with E-state index in [-0.39, 0.29) is 0 Å². The van der Waals surface area contributed by atoms with Crippen LogP contribution in [0.15, 0.2) is 0 Å². The van der Waals surface area contributed by atoms with E-state index in [1.165, 1.54) is 0 Å². The van der Waals surface area contributed by atoms with E-state index >= 15 is 0 Å². The van der Waals surface area contributed by atoms with E-state index in [4.69, 9.17) is 25.5 Å². The highest BCUT2D eigenvalue weighted by Gasteiger charge is 2.64. The van der Waals surface area contributed by atoms with Crippen LogP contribution in [0.4, 0.5) is 0 Å². The monoisotopic (exact) mass is 330 g/mol. The molecular weight excluding hydrogens is 310 g/mol. The molecule has 8 N–H and O–H groups in total. The SMILES string of the molecule is CC(=O)OC(CC(=O)O)C[N+](O)(C(O)(O)O)C(O)(O)CCO. The predicted molar refractivity (Wildman–Crippen MR) is 63.0 cm³/mol. The molecule has 0 fully saturated rings. The summed E-state index contributed by atoms with van der Waals surface area (Å²) in [6.45, 7) is -1.37. The molecule has 0 radical (unpaired) electrons. The molecule has 12 heteroatoms. The van der Waals surface area contributed by atoms with Gasteiger partial charge in [0.15, 0.2) is 12.6 Å². The van der Waals surface area contributed by atoms with E-state index < -0.39 is 60.7 Å². The number of esters is 1. The number of carboxylic acid groups (broad SMARTS) is 1. The van der Waals surface area contributed by atoms with Crippen molar-refractivity contribution in [2.45, 2.75) is 37.9 Å². The molecule has 0 aromatic heterocycles. The first-order valence-electron chi connectivity index (χ1n) is 5.99. The number of nitrogens with zero attached hydrogens (tertiary/aromatic N) is 1. The number of carboxylic acids is 1. The van der Waals surface area contributed by atoms with Crippen molar-refractivity contribution in [3.63, 3.8) is 0 Å². The van der Waals surface area contributed by atoms with Crippen molar-refractivity contribution in [3.8, 4) is 0 Å². The summed E-state index contributed by atoms with van der Waals surface area (Å²) in [5.74, 6) is -6.01. The van der Waals surface area contributed by atoms with Gasteiger partial charge < -0.3 is 25.2 Å². The Hall–Kier alpha value is -1.38. The molecule has 0 bridgehead atoms. The van der Waals surface area contributed by atoms with Crippen LogP contribution in [0.25, 0.3) is 0 Å². The highest BCUT2D eigenvalue weighted by atomic mass is 16.8. The summed E-state index contributed by atoms with van der Waals surface area (Å²) in [4.78, 5) is 21.6. The molecule has 0 amide bonds. The molecule has 22 heavy (non-hydrogen) atoms. The molecule has 0 rings (SSSR count). The summed E-state index contributed by atoms with van der Waals surface area (Å²) in [5.41, 5.74) is 0. The minimum Gasteiger partial charge on any atom is -0.481 e. The van der Waals surface area contributed by atoms with Gasteiger partial charge in [0.05, 0.1) is 19.4 Å². The minimum absolute atomic E-state index is 0.893. The van der Waals surface area contributed by atoms with Crippen LogP contribution >= 0.6 is 0 Å². The molecule has 0 heterocycles. The fourth-order valence-corrected chi connectivity index (χ4v) is 1.71. The Morgan fingerprint density at radius 1 is 1.18 bits per heavy atom. The van der Waals surface area contributed by atoms with Crippen molar-refractivity contribution in [2.24, 2.45) is 0 Å². The number of aliphatic hydroxyl groups excluding tert-OH is 1. The summed E-state index contributed by atoms with van der Waals surface area (Å²) >= 11 is 0. The highest BCUT2D eigenvalue weighted by molar-refractivity contribution is 5.69. The maximum atomic E-state index is 10.9. The van der Waals surface area contributed by atoms with Crippen LogP contribution in [0, 0.1) is 0 Å². The zero-order chi connectivity index (χ0) is 17.8. The molecule has 0 saturated heterocycles. The minimum atomic E-state index is -4.16. The number of quaternary nitrogens is 1. The maximum Gasteiger partial charge on any atom is 0.477 e. The van der Waals surface area contributed by atoms with Gasteiger partial charge in [-0.15, -0.1) is 0 Å². The van der Waals surface area contributed by atoms with Gasteiger partial charge in [0.1, 0.15) is 0 Å². The van der Waals surface area contributed by atoms with Crippen LogP contribution in [0.5, 0.6) is 0 Å². The summed E-state index contributed by atoms with van der Waals surface area (Å²) < 4.78 is 1.77. The Morgan fingerprint density at radius 2 is 1.68 bits per heavy atom. The fraction of sp³-hybridized carbons (Fsp3) is 0.800. The highest BCUT2D eigenvalue weighted by Crippen LogP contribution is 2.29. The molecule has 12 nitrogen and oxygen atoms in total. The zero-order valence-corrected chi connectivity index (χ0v) is 11.7. The average Bonchev–Trinajstić information content (AvgIpc) is 2.24. The number of aliphatic carboxylic acids is 1. The van der Waals surface area contributed by atoms with Gasteiger partial charge in [-0.25, -0.2) is 5.21 Å². The van der Waals surface area contributed by atoms with E-state index in [2.05, 4.69) is 4.74 Å². The molecule has 0 aliphatic rings. The first kappa shape index (κ1) is 20.6. The summed E-state index contributed by atoms with van der Waals surface area (Å²) in [6.07, 6.45) is -7.89. The number of ether oxygens (including phenoxy) is 1. The second kappa shape index (κ2) is 7.26. The number of hydrogen-bond donors (Lipinski definition) is 8. The summed E-state index contributed by atoms with van der Waals surface area (Å²) in [7, 11) is 0. The third-order valence-corrected chi connectivity index (χ3v) is 2.74. The first-order chi connectivity index (χ1) is 9.76. The van der Waals surface area contributed by atoms with Crippen molar-refractivity contribution in [1.29, 1.82) is 0 Å². The number of hydroxylamine groups is 3. The smallest absolute Gasteiger partial charge is 0.477 e. The molecule has 130 valence electrons. The predicted octanol–water partition coefficient (Wildman–Crippen LogP) is -3.79. The van der Waals surface area contributed by atoms with E-state index in [1.807, 2.05) is 0 Å². The Bertz CT molecular complexity index is 388. The summed E-state index contributed by atoms with van der Waals surface area (Å²) in [5, 5.41) is 74.1. The Morgan fingerprint density at radius 3 is 2.00 bits per heavy atom.